The van der Waals surface area contributed by atoms with Crippen molar-refractivity contribution in [1.82, 2.24) is 9.97 Å². The molecule has 8 nitrogen and oxygen atoms in total. The molecule has 1 aliphatic heterocycles. The van der Waals surface area contributed by atoms with Gasteiger partial charge in [0.15, 0.2) is 0 Å². The summed E-state index contributed by atoms with van der Waals surface area (Å²) < 4.78 is 5.34. The van der Waals surface area contributed by atoms with E-state index in [0.717, 1.165) is 6.20 Å². The van der Waals surface area contributed by atoms with Gasteiger partial charge in [0, 0.05) is 12.6 Å². The number of hydrogen-bond donors (Lipinski definition) is 4. The van der Waals surface area contributed by atoms with Crippen LogP contribution in [0.3, 0.4) is 0 Å². The first kappa shape index (κ1) is 13.7. The van der Waals surface area contributed by atoms with Gasteiger partial charge in [0.25, 0.3) is 5.56 Å². The van der Waals surface area contributed by atoms with Gasteiger partial charge < -0.3 is 19.9 Å². The van der Waals surface area contributed by atoms with Gasteiger partial charge in [0.05, 0.1) is 11.7 Å². The second-order valence-electron chi connectivity index (χ2n) is 4.51. The number of carbonyl (C=O) groups is 1. The number of rotatable bonds is 3. The Labute approximate surface area is 107 Å². The van der Waals surface area contributed by atoms with Crippen molar-refractivity contribution < 1.29 is 19.7 Å². The van der Waals surface area contributed by atoms with Gasteiger partial charge in [-0.25, -0.2) is 4.79 Å². The number of H-pyrrole nitrogens is 2. The van der Waals surface area contributed by atoms with E-state index in [1.807, 2.05) is 4.98 Å². The van der Waals surface area contributed by atoms with Gasteiger partial charge in [-0.05, 0) is 6.92 Å². The second-order valence-corrected chi connectivity index (χ2v) is 4.51. The van der Waals surface area contributed by atoms with E-state index in [1.165, 1.54) is 6.92 Å². The summed E-state index contributed by atoms with van der Waals surface area (Å²) in [4.78, 5) is 37.8. The van der Waals surface area contributed by atoms with Gasteiger partial charge in [-0.2, -0.15) is 0 Å². The number of hydrogen-bond acceptors (Lipinski definition) is 6. The topological polar surface area (TPSA) is 132 Å². The summed E-state index contributed by atoms with van der Waals surface area (Å²) in [5.74, 6) is -0.202. The first-order valence-electron chi connectivity index (χ1n) is 5.73. The quantitative estimate of drug-likeness (QED) is 0.512. The number of nitrogens with one attached hydrogen (secondary N) is 2. The molecule has 0 aromatic carbocycles. The standard InChI is InChI=1S/C11H14N2O6/c1-4(14)2-6-7(15)8(16)9(19-6)5-3-12-11(18)13-10(5)17/h3,6-9,15-16H,2H2,1H3,(H2,12,13,17,18)/t6-,7+,8+,9+/m1/s1. The highest BCUT2D eigenvalue weighted by Crippen LogP contribution is 2.33. The van der Waals surface area contributed by atoms with Crippen LogP contribution in [0.4, 0.5) is 0 Å². The third-order valence-electron chi connectivity index (χ3n) is 3.01. The van der Waals surface area contributed by atoms with Crippen molar-refractivity contribution in [2.45, 2.75) is 37.8 Å². The Morgan fingerprint density at radius 2 is 2.05 bits per heavy atom. The maximum Gasteiger partial charge on any atom is 0.325 e. The maximum absolute atomic E-state index is 11.6. The Morgan fingerprint density at radius 3 is 2.63 bits per heavy atom. The predicted octanol–water partition coefficient (Wildman–Crippen LogP) is -1.80. The van der Waals surface area contributed by atoms with E-state index < -0.39 is 35.7 Å². The molecule has 0 saturated carbocycles. The fraction of sp³-hybridized carbons (Fsp3) is 0.545. The van der Waals surface area contributed by atoms with E-state index in [0.29, 0.717) is 0 Å². The minimum Gasteiger partial charge on any atom is -0.388 e. The highest BCUT2D eigenvalue weighted by atomic mass is 16.5. The van der Waals surface area contributed by atoms with E-state index >= 15 is 0 Å². The Kier molecular flexibility index (Phi) is 3.65. The molecule has 1 aliphatic rings. The number of Topliss-reactive ketones (excluding diaryl/α,β-unsaturated/α-hetero) is 1. The first-order chi connectivity index (χ1) is 8.90. The zero-order valence-corrected chi connectivity index (χ0v) is 10.1. The molecular formula is C11H14N2O6. The van der Waals surface area contributed by atoms with E-state index in [-0.39, 0.29) is 17.8 Å². The van der Waals surface area contributed by atoms with Crippen molar-refractivity contribution in [2.24, 2.45) is 0 Å². The average Bonchev–Trinajstić information content (AvgIpc) is 2.57. The molecule has 0 unspecified atom stereocenters. The number of aliphatic hydroxyl groups is 2. The molecule has 0 spiro atoms. The monoisotopic (exact) mass is 270 g/mol. The second kappa shape index (κ2) is 5.08. The van der Waals surface area contributed by atoms with Gasteiger partial charge in [-0.1, -0.05) is 0 Å². The Morgan fingerprint density at radius 1 is 1.37 bits per heavy atom. The van der Waals surface area contributed by atoms with Gasteiger partial charge >= 0.3 is 5.69 Å². The first-order valence-corrected chi connectivity index (χ1v) is 5.73. The lowest BCUT2D eigenvalue weighted by molar-refractivity contribution is -0.120. The van der Waals surface area contributed by atoms with Crippen LogP contribution in [-0.2, 0) is 9.53 Å². The minimum absolute atomic E-state index is 0.00259. The molecule has 0 aliphatic carbocycles. The van der Waals surface area contributed by atoms with Gasteiger partial charge in [0.1, 0.15) is 24.1 Å². The van der Waals surface area contributed by atoms with Crippen molar-refractivity contribution in [3.63, 3.8) is 0 Å². The summed E-state index contributed by atoms with van der Waals surface area (Å²) >= 11 is 0. The summed E-state index contributed by atoms with van der Waals surface area (Å²) in [5.41, 5.74) is -1.39. The molecule has 0 amide bonds. The Bertz CT molecular complexity index is 591. The maximum atomic E-state index is 11.6. The summed E-state index contributed by atoms with van der Waals surface area (Å²) in [6.07, 6.45) is -3.49. The van der Waals surface area contributed by atoms with Crippen LogP contribution in [0.25, 0.3) is 0 Å². The van der Waals surface area contributed by atoms with Crippen LogP contribution in [-0.4, -0.2) is 44.3 Å². The van der Waals surface area contributed by atoms with Gasteiger partial charge in [0.2, 0.25) is 0 Å². The lowest BCUT2D eigenvalue weighted by Crippen LogP contribution is -2.33. The fourth-order valence-electron chi connectivity index (χ4n) is 2.09. The Balaban J connectivity index is 2.28. The smallest absolute Gasteiger partial charge is 0.325 e. The van der Waals surface area contributed by atoms with Crippen molar-refractivity contribution in [3.05, 3.63) is 32.6 Å². The molecule has 2 heterocycles. The molecule has 104 valence electrons. The molecule has 0 bridgehead atoms. The van der Waals surface area contributed by atoms with Crippen LogP contribution < -0.4 is 11.2 Å². The highest BCUT2D eigenvalue weighted by Gasteiger charge is 2.44. The highest BCUT2D eigenvalue weighted by molar-refractivity contribution is 5.76. The largest absolute Gasteiger partial charge is 0.388 e. The molecule has 8 heteroatoms. The van der Waals surface area contributed by atoms with Gasteiger partial charge in [-0.3, -0.25) is 14.6 Å². The fourth-order valence-corrected chi connectivity index (χ4v) is 2.09. The minimum atomic E-state index is -1.34. The number of ether oxygens (including phenoxy) is 1. The zero-order valence-electron chi connectivity index (χ0n) is 10.1. The molecule has 2 rings (SSSR count). The van der Waals surface area contributed by atoms with Crippen molar-refractivity contribution in [2.75, 3.05) is 0 Å². The molecule has 1 fully saturated rings. The van der Waals surface area contributed by atoms with Crippen LogP contribution in [0, 0.1) is 0 Å². The summed E-state index contributed by atoms with van der Waals surface area (Å²) in [5, 5.41) is 19.6. The molecule has 1 saturated heterocycles. The molecule has 4 N–H and O–H groups in total. The lowest BCUT2D eigenvalue weighted by atomic mass is 10.0. The van der Waals surface area contributed by atoms with E-state index in [2.05, 4.69) is 4.98 Å². The van der Waals surface area contributed by atoms with E-state index in [1.54, 1.807) is 0 Å². The van der Waals surface area contributed by atoms with Crippen LogP contribution >= 0.6 is 0 Å². The van der Waals surface area contributed by atoms with Crippen LogP contribution in [0.5, 0.6) is 0 Å². The SMILES string of the molecule is CC(=O)C[C@H]1O[C@@H](c2c[nH]c(=O)[nH]c2=O)[C@@H](O)[C@H]1O. The molecule has 1 aromatic rings. The van der Waals surface area contributed by atoms with Gasteiger partial charge in [-0.15, -0.1) is 0 Å². The summed E-state index contributed by atoms with van der Waals surface area (Å²) in [6.45, 7) is 1.34. The third-order valence-corrected chi connectivity index (χ3v) is 3.01. The van der Waals surface area contributed by atoms with E-state index in [9.17, 15) is 24.6 Å². The number of aliphatic hydroxyl groups excluding tert-OH is 2. The molecule has 4 atom stereocenters. The van der Waals surface area contributed by atoms with E-state index in [4.69, 9.17) is 4.74 Å². The van der Waals surface area contributed by atoms with Crippen LogP contribution in [0.1, 0.15) is 25.0 Å². The lowest BCUT2D eigenvalue weighted by Gasteiger charge is -2.13. The summed E-state index contributed by atoms with van der Waals surface area (Å²) in [6, 6.07) is 0. The molecule has 19 heavy (non-hydrogen) atoms. The normalized spacial score (nSPS) is 30.5. The van der Waals surface area contributed by atoms with Crippen LogP contribution in [0.2, 0.25) is 0 Å². The molecule has 0 radical (unpaired) electrons. The van der Waals surface area contributed by atoms with Crippen molar-refractivity contribution in [1.29, 1.82) is 0 Å². The zero-order chi connectivity index (χ0) is 14.2. The average molecular weight is 270 g/mol. The number of carbonyl (C=O) groups excluding carboxylic acids is 1. The number of aromatic amines is 2. The third kappa shape index (κ3) is 2.65. The summed E-state index contributed by atoms with van der Waals surface area (Å²) in [7, 11) is 0. The Hall–Kier alpha value is -1.77. The predicted molar refractivity (Wildman–Crippen MR) is 62.6 cm³/mol. The van der Waals surface area contributed by atoms with Crippen LogP contribution in [0.15, 0.2) is 15.8 Å². The van der Waals surface area contributed by atoms with Crippen molar-refractivity contribution >= 4 is 5.78 Å². The molecule has 1 aromatic heterocycles. The molecular weight excluding hydrogens is 256 g/mol. The van der Waals surface area contributed by atoms with Crippen molar-refractivity contribution in [3.8, 4) is 0 Å². The number of aromatic nitrogens is 2. The number of ketones is 1.